The molecule has 11 aromatic carbocycles. The van der Waals surface area contributed by atoms with E-state index in [1.54, 1.807) is 0 Å². The number of aromatic nitrogens is 1. The summed E-state index contributed by atoms with van der Waals surface area (Å²) in [6.45, 7) is 0. The van der Waals surface area contributed by atoms with Crippen molar-refractivity contribution in [2.24, 2.45) is 0 Å². The van der Waals surface area contributed by atoms with E-state index >= 15 is 0 Å². The van der Waals surface area contributed by atoms with Crippen LogP contribution in [0.1, 0.15) is 0 Å². The maximum absolute atomic E-state index is 2.47. The quantitative estimate of drug-likeness (QED) is 0.153. The molecular formula is C58H38N2. The summed E-state index contributed by atoms with van der Waals surface area (Å²) in [5.41, 5.74) is 11.7. The van der Waals surface area contributed by atoms with Crippen LogP contribution in [0.3, 0.4) is 0 Å². The van der Waals surface area contributed by atoms with Crippen molar-refractivity contribution >= 4 is 82.0 Å². The Hall–Kier alpha value is -7.94. The van der Waals surface area contributed by atoms with Gasteiger partial charge in [0.1, 0.15) is 0 Å². The van der Waals surface area contributed by atoms with Crippen LogP contribution in [0.2, 0.25) is 0 Å². The lowest BCUT2D eigenvalue weighted by Crippen LogP contribution is -2.11. The molecule has 12 rings (SSSR count). The first-order valence-corrected chi connectivity index (χ1v) is 20.7. The molecular weight excluding hydrogens is 725 g/mol. The lowest BCUT2D eigenvalue weighted by atomic mass is 9.85. The number of hydrogen-bond donors (Lipinski definition) is 0. The number of hydrogen-bond acceptors (Lipinski definition) is 1. The Balaban J connectivity index is 1.19. The molecule has 0 saturated heterocycles. The molecule has 2 nitrogen and oxygen atoms in total. The number of para-hydroxylation sites is 1. The van der Waals surface area contributed by atoms with E-state index < -0.39 is 0 Å². The van der Waals surface area contributed by atoms with Gasteiger partial charge in [-0.05, 0) is 97.0 Å². The van der Waals surface area contributed by atoms with Crippen LogP contribution >= 0.6 is 0 Å². The van der Waals surface area contributed by atoms with Gasteiger partial charge >= 0.3 is 0 Å². The Morgan fingerprint density at radius 2 is 0.767 bits per heavy atom. The van der Waals surface area contributed by atoms with Crippen LogP contribution < -0.4 is 4.90 Å². The summed E-state index contributed by atoms with van der Waals surface area (Å²) in [6.07, 6.45) is 0. The van der Waals surface area contributed by atoms with Crippen LogP contribution in [0.4, 0.5) is 17.1 Å². The van der Waals surface area contributed by atoms with Crippen molar-refractivity contribution in [3.05, 3.63) is 231 Å². The number of nitrogens with zero attached hydrogens (tertiary/aromatic N) is 2. The maximum Gasteiger partial charge on any atom is 0.0562 e. The normalized spacial score (nSPS) is 11.7. The third-order valence-electron chi connectivity index (χ3n) is 12.3. The predicted octanol–water partition coefficient (Wildman–Crippen LogP) is 16.2. The molecule has 0 fully saturated rings. The van der Waals surface area contributed by atoms with Crippen LogP contribution in [-0.2, 0) is 0 Å². The minimum Gasteiger partial charge on any atom is -0.310 e. The summed E-state index contributed by atoms with van der Waals surface area (Å²) in [5, 5.41) is 12.3. The summed E-state index contributed by atoms with van der Waals surface area (Å²) >= 11 is 0. The highest BCUT2D eigenvalue weighted by Crippen LogP contribution is 2.48. The molecule has 0 saturated carbocycles. The third kappa shape index (κ3) is 5.35. The van der Waals surface area contributed by atoms with Gasteiger partial charge in [0.15, 0.2) is 0 Å². The summed E-state index contributed by atoms with van der Waals surface area (Å²) in [4.78, 5) is 2.47. The minimum absolute atomic E-state index is 1.09. The first-order chi connectivity index (χ1) is 29.8. The fraction of sp³-hybridized carbons (Fsp3) is 0. The molecule has 0 amide bonds. The predicted molar refractivity (Wildman–Crippen MR) is 256 cm³/mol. The standard InChI is InChI=1S/C58H38N2/c1-3-19-41(20-4-1)57-51-29-12-11-27-47(51)48-35-33-43(37-52(48)58(57)42-21-5-2-6-22-42)59(53-31-15-23-39-17-7-9-25-45(39)53)44-34-36-50-49-28-13-14-30-55(49)60(56(50)38-44)54-32-16-24-40-18-8-10-26-46(40)54/h1-38H. The zero-order chi connectivity index (χ0) is 39.6. The first kappa shape index (κ1) is 34.1. The van der Waals surface area contributed by atoms with Gasteiger partial charge in [-0.3, -0.25) is 0 Å². The summed E-state index contributed by atoms with van der Waals surface area (Å²) in [7, 11) is 0. The Kier molecular flexibility index (Phi) is 7.89. The minimum atomic E-state index is 1.09. The molecule has 0 aliphatic heterocycles. The topological polar surface area (TPSA) is 8.17 Å². The SMILES string of the molecule is c1ccc(-c2c(-c3ccccc3)c3cc(N(c4ccc5c6ccccc6n(-c6cccc7ccccc67)c5c4)c4cccc5ccccc45)ccc3c3ccccc23)cc1. The van der Waals surface area contributed by atoms with E-state index in [0.717, 1.165) is 17.1 Å². The average Bonchev–Trinajstić information content (AvgIpc) is 3.65. The molecule has 2 heteroatoms. The molecule has 1 heterocycles. The van der Waals surface area contributed by atoms with Crippen LogP contribution in [0, 0.1) is 0 Å². The van der Waals surface area contributed by atoms with Gasteiger partial charge in [-0.2, -0.15) is 0 Å². The van der Waals surface area contributed by atoms with Crippen molar-refractivity contribution in [3.8, 4) is 27.9 Å². The number of anilines is 3. The highest BCUT2D eigenvalue weighted by Gasteiger charge is 2.23. The highest BCUT2D eigenvalue weighted by molar-refractivity contribution is 6.22. The fourth-order valence-electron chi connectivity index (χ4n) is 9.72. The summed E-state index contributed by atoms with van der Waals surface area (Å²) in [5.74, 6) is 0. The Labute approximate surface area is 348 Å². The van der Waals surface area contributed by atoms with Crippen molar-refractivity contribution in [3.63, 3.8) is 0 Å². The maximum atomic E-state index is 2.47. The molecule has 280 valence electrons. The molecule has 0 radical (unpaired) electrons. The van der Waals surface area contributed by atoms with Gasteiger partial charge < -0.3 is 9.47 Å². The van der Waals surface area contributed by atoms with E-state index in [1.807, 2.05) is 0 Å². The van der Waals surface area contributed by atoms with Gasteiger partial charge in [-0.1, -0.05) is 188 Å². The highest BCUT2D eigenvalue weighted by atomic mass is 15.1. The lowest BCUT2D eigenvalue weighted by molar-refractivity contribution is 1.19. The first-order valence-electron chi connectivity index (χ1n) is 20.7. The number of benzene rings is 11. The van der Waals surface area contributed by atoms with Gasteiger partial charge in [0, 0.05) is 32.9 Å². The second kappa shape index (κ2) is 13.9. The van der Waals surface area contributed by atoms with E-state index in [1.165, 1.54) is 92.8 Å². The Morgan fingerprint density at radius 3 is 1.50 bits per heavy atom. The second-order valence-corrected chi connectivity index (χ2v) is 15.6. The third-order valence-corrected chi connectivity index (χ3v) is 12.3. The van der Waals surface area contributed by atoms with Crippen LogP contribution in [0.5, 0.6) is 0 Å². The van der Waals surface area contributed by atoms with Crippen molar-refractivity contribution in [2.45, 2.75) is 0 Å². The van der Waals surface area contributed by atoms with Gasteiger partial charge in [-0.25, -0.2) is 0 Å². The average molecular weight is 763 g/mol. The van der Waals surface area contributed by atoms with E-state index in [2.05, 4.69) is 240 Å². The smallest absolute Gasteiger partial charge is 0.0562 e. The molecule has 0 bridgehead atoms. The molecule has 0 unspecified atom stereocenters. The van der Waals surface area contributed by atoms with Crippen LogP contribution in [-0.4, -0.2) is 4.57 Å². The van der Waals surface area contributed by atoms with Crippen molar-refractivity contribution in [2.75, 3.05) is 4.90 Å². The van der Waals surface area contributed by atoms with E-state index in [4.69, 9.17) is 0 Å². The van der Waals surface area contributed by atoms with Crippen molar-refractivity contribution in [1.29, 1.82) is 0 Å². The molecule has 60 heavy (non-hydrogen) atoms. The summed E-state index contributed by atoms with van der Waals surface area (Å²) < 4.78 is 2.46. The zero-order valence-corrected chi connectivity index (χ0v) is 32.8. The molecule has 12 aromatic rings. The Bertz CT molecular complexity index is 3590. The van der Waals surface area contributed by atoms with Gasteiger partial charge in [0.25, 0.3) is 0 Å². The molecule has 0 N–H and O–H groups in total. The lowest BCUT2D eigenvalue weighted by Gasteiger charge is -2.28. The molecule has 0 spiro atoms. The molecule has 1 aromatic heterocycles. The van der Waals surface area contributed by atoms with E-state index in [0.29, 0.717) is 0 Å². The second-order valence-electron chi connectivity index (χ2n) is 15.6. The monoisotopic (exact) mass is 762 g/mol. The molecule has 0 atom stereocenters. The van der Waals surface area contributed by atoms with Gasteiger partial charge in [0.05, 0.1) is 22.4 Å². The number of rotatable bonds is 6. The van der Waals surface area contributed by atoms with Crippen molar-refractivity contribution in [1.82, 2.24) is 4.57 Å². The molecule has 0 aliphatic rings. The molecule has 0 aliphatic carbocycles. The van der Waals surface area contributed by atoms with E-state index in [-0.39, 0.29) is 0 Å². The fourth-order valence-corrected chi connectivity index (χ4v) is 9.72. The zero-order valence-electron chi connectivity index (χ0n) is 32.8. The largest absolute Gasteiger partial charge is 0.310 e. The van der Waals surface area contributed by atoms with Crippen LogP contribution in [0.15, 0.2) is 231 Å². The van der Waals surface area contributed by atoms with Crippen molar-refractivity contribution < 1.29 is 0 Å². The summed E-state index contributed by atoms with van der Waals surface area (Å²) in [6, 6.07) is 84.4. The van der Waals surface area contributed by atoms with Gasteiger partial charge in [-0.15, -0.1) is 0 Å². The Morgan fingerprint density at radius 1 is 0.283 bits per heavy atom. The van der Waals surface area contributed by atoms with Crippen LogP contribution in [0.25, 0.3) is 92.8 Å². The number of fused-ring (bicyclic) bond motifs is 8. The van der Waals surface area contributed by atoms with E-state index in [9.17, 15) is 0 Å². The van der Waals surface area contributed by atoms with Gasteiger partial charge in [0.2, 0.25) is 0 Å².